The Kier molecular flexibility index (Phi) is 5.19. The molecule has 3 rings (SSSR count). The van der Waals surface area contributed by atoms with Crippen molar-refractivity contribution in [3.05, 3.63) is 41.0 Å². The van der Waals surface area contributed by atoms with E-state index in [0.29, 0.717) is 23.4 Å². The van der Waals surface area contributed by atoms with Gasteiger partial charge in [-0.05, 0) is 73.1 Å². The van der Waals surface area contributed by atoms with Gasteiger partial charge in [-0.25, -0.2) is 0 Å². The van der Waals surface area contributed by atoms with Crippen molar-refractivity contribution in [2.45, 2.75) is 52.4 Å². The number of fused-ring (bicyclic) bond motifs is 1. The van der Waals surface area contributed by atoms with Gasteiger partial charge in [0.15, 0.2) is 0 Å². The van der Waals surface area contributed by atoms with Crippen molar-refractivity contribution in [1.29, 1.82) is 0 Å². The summed E-state index contributed by atoms with van der Waals surface area (Å²) in [6.07, 6.45) is 8.08. The zero-order valence-corrected chi connectivity index (χ0v) is 16.2. The Balaban J connectivity index is 1.77. The molecule has 3 atom stereocenters. The Hall–Kier alpha value is -1.09. The summed E-state index contributed by atoms with van der Waals surface area (Å²) in [7, 11) is 0. The first-order valence-electron chi connectivity index (χ1n) is 8.99. The maximum atomic E-state index is 12.4. The quantitative estimate of drug-likeness (QED) is 0.555. The van der Waals surface area contributed by atoms with Crippen molar-refractivity contribution in [1.82, 2.24) is 0 Å². The molecule has 2 aliphatic rings. The molecule has 130 valence electrons. The number of benzene rings is 1. The van der Waals surface area contributed by atoms with Crippen molar-refractivity contribution in [2.75, 3.05) is 5.33 Å². The number of hydrogen-bond acceptors (Lipinski definition) is 2. The summed E-state index contributed by atoms with van der Waals surface area (Å²) in [5.41, 5.74) is 3.99. The van der Waals surface area contributed by atoms with Crippen LogP contribution in [0.5, 0.6) is 5.75 Å². The van der Waals surface area contributed by atoms with E-state index in [1.54, 1.807) is 6.07 Å². The standard InChI is InChI=1S/C21H27BrO2/c1-14-3-7-18(23)11-15(14)4-5-16-12-19(24)13-21(2)17(9-10-22)6-8-20(16)21/h3,7,9,11,16,20,23H,4-6,8,10,12-13H2,1-2H3/b17-9-. The minimum absolute atomic E-state index is 0.0711. The molecule has 0 aromatic heterocycles. The molecule has 0 bridgehead atoms. The molecule has 1 aromatic rings. The molecule has 0 aliphatic heterocycles. The molecule has 0 heterocycles. The molecule has 1 N–H and O–H groups in total. The number of aryl methyl sites for hydroxylation is 2. The first kappa shape index (κ1) is 17.7. The zero-order chi connectivity index (χ0) is 17.3. The number of alkyl halides is 1. The minimum atomic E-state index is 0.0711. The number of carbonyl (C=O) groups is 1. The van der Waals surface area contributed by atoms with Crippen LogP contribution in [-0.2, 0) is 11.2 Å². The molecule has 0 saturated heterocycles. The molecule has 24 heavy (non-hydrogen) atoms. The van der Waals surface area contributed by atoms with Crippen LogP contribution in [0.1, 0.15) is 50.2 Å². The van der Waals surface area contributed by atoms with E-state index in [1.807, 2.05) is 12.1 Å². The summed E-state index contributed by atoms with van der Waals surface area (Å²) in [6, 6.07) is 5.60. The number of allylic oxidation sites excluding steroid dienone is 2. The molecule has 2 aliphatic carbocycles. The lowest BCUT2D eigenvalue weighted by Gasteiger charge is -2.42. The summed E-state index contributed by atoms with van der Waals surface area (Å²) < 4.78 is 0. The van der Waals surface area contributed by atoms with Crippen molar-refractivity contribution in [2.24, 2.45) is 17.3 Å². The Labute approximate surface area is 153 Å². The third kappa shape index (κ3) is 3.33. The topological polar surface area (TPSA) is 37.3 Å². The van der Waals surface area contributed by atoms with Crippen LogP contribution in [0.2, 0.25) is 0 Å². The highest BCUT2D eigenvalue weighted by molar-refractivity contribution is 9.09. The Morgan fingerprint density at radius 1 is 1.42 bits per heavy atom. The highest BCUT2D eigenvalue weighted by Crippen LogP contribution is 2.57. The molecule has 2 nitrogen and oxygen atoms in total. The number of aromatic hydroxyl groups is 1. The Morgan fingerprint density at radius 3 is 2.96 bits per heavy atom. The fraction of sp³-hybridized carbons (Fsp3) is 0.571. The lowest BCUT2D eigenvalue weighted by atomic mass is 9.61. The number of ketones is 1. The van der Waals surface area contributed by atoms with Crippen molar-refractivity contribution in [3.8, 4) is 5.75 Å². The van der Waals surface area contributed by atoms with Gasteiger partial charge in [0.25, 0.3) is 0 Å². The van der Waals surface area contributed by atoms with Crippen LogP contribution in [0.25, 0.3) is 0 Å². The van der Waals surface area contributed by atoms with Crippen LogP contribution in [0.4, 0.5) is 0 Å². The normalized spacial score (nSPS) is 31.5. The van der Waals surface area contributed by atoms with E-state index in [9.17, 15) is 9.90 Å². The van der Waals surface area contributed by atoms with Gasteiger partial charge in [0.05, 0.1) is 0 Å². The van der Waals surface area contributed by atoms with Gasteiger partial charge in [0.2, 0.25) is 0 Å². The number of phenols is 1. The number of hydrogen-bond donors (Lipinski definition) is 1. The van der Waals surface area contributed by atoms with Gasteiger partial charge >= 0.3 is 0 Å². The number of Topliss-reactive ketones (excluding diaryl/α,β-unsaturated/α-hetero) is 1. The molecular weight excluding hydrogens is 364 g/mol. The molecule has 3 unspecified atom stereocenters. The predicted molar refractivity (Wildman–Crippen MR) is 102 cm³/mol. The third-order valence-electron chi connectivity index (χ3n) is 6.34. The van der Waals surface area contributed by atoms with Crippen molar-refractivity contribution >= 4 is 21.7 Å². The molecule has 1 aromatic carbocycles. The van der Waals surface area contributed by atoms with Gasteiger partial charge in [-0.2, -0.15) is 0 Å². The minimum Gasteiger partial charge on any atom is -0.508 e. The van der Waals surface area contributed by atoms with Gasteiger partial charge in [-0.15, -0.1) is 0 Å². The first-order valence-corrected chi connectivity index (χ1v) is 10.1. The smallest absolute Gasteiger partial charge is 0.134 e. The monoisotopic (exact) mass is 390 g/mol. The van der Waals surface area contributed by atoms with Gasteiger partial charge in [-0.1, -0.05) is 40.6 Å². The van der Waals surface area contributed by atoms with Gasteiger partial charge in [-0.3, -0.25) is 4.79 Å². The number of carbonyl (C=O) groups excluding carboxylic acids is 1. The molecule has 0 amide bonds. The Bertz CT molecular complexity index is 664. The van der Waals surface area contributed by atoms with E-state index in [0.717, 1.165) is 37.4 Å². The number of phenolic OH excluding ortho intramolecular Hbond substituents is 1. The van der Waals surface area contributed by atoms with Gasteiger partial charge in [0, 0.05) is 18.2 Å². The number of halogens is 1. The van der Waals surface area contributed by atoms with Crippen LogP contribution in [0.3, 0.4) is 0 Å². The second-order valence-electron chi connectivity index (χ2n) is 7.78. The average molecular weight is 391 g/mol. The van der Waals surface area contributed by atoms with Crippen molar-refractivity contribution < 1.29 is 9.90 Å². The van der Waals surface area contributed by atoms with Gasteiger partial charge in [0.1, 0.15) is 11.5 Å². The lowest BCUT2D eigenvalue weighted by Crippen LogP contribution is -2.38. The highest BCUT2D eigenvalue weighted by Gasteiger charge is 2.50. The largest absolute Gasteiger partial charge is 0.508 e. The van der Waals surface area contributed by atoms with E-state index in [-0.39, 0.29) is 5.41 Å². The van der Waals surface area contributed by atoms with Crippen LogP contribution in [0, 0.1) is 24.2 Å². The van der Waals surface area contributed by atoms with E-state index < -0.39 is 0 Å². The molecule has 2 saturated carbocycles. The van der Waals surface area contributed by atoms with E-state index in [4.69, 9.17) is 0 Å². The highest BCUT2D eigenvalue weighted by atomic mass is 79.9. The summed E-state index contributed by atoms with van der Waals surface area (Å²) in [6.45, 7) is 4.40. The first-order chi connectivity index (χ1) is 11.4. The summed E-state index contributed by atoms with van der Waals surface area (Å²) in [5, 5.41) is 10.6. The van der Waals surface area contributed by atoms with Crippen molar-refractivity contribution in [3.63, 3.8) is 0 Å². The lowest BCUT2D eigenvalue weighted by molar-refractivity contribution is -0.126. The maximum Gasteiger partial charge on any atom is 0.134 e. The molecule has 0 spiro atoms. The summed E-state index contributed by atoms with van der Waals surface area (Å²) in [4.78, 5) is 12.4. The third-order valence-corrected chi connectivity index (χ3v) is 6.66. The van der Waals surface area contributed by atoms with Crippen LogP contribution in [0.15, 0.2) is 29.8 Å². The SMILES string of the molecule is Cc1ccc(O)cc1CCC1CC(=O)CC2(C)/C(=C\CBr)CCC12. The molecular formula is C21H27BrO2. The predicted octanol–water partition coefficient (Wildman–Crippen LogP) is 5.35. The van der Waals surface area contributed by atoms with Crippen LogP contribution < -0.4 is 0 Å². The van der Waals surface area contributed by atoms with Crippen LogP contribution in [-0.4, -0.2) is 16.2 Å². The number of rotatable bonds is 4. The fourth-order valence-corrected chi connectivity index (χ4v) is 5.46. The van der Waals surface area contributed by atoms with E-state index in [1.165, 1.54) is 23.1 Å². The average Bonchev–Trinajstić information content (AvgIpc) is 2.85. The Morgan fingerprint density at radius 2 is 2.21 bits per heavy atom. The maximum absolute atomic E-state index is 12.4. The van der Waals surface area contributed by atoms with E-state index >= 15 is 0 Å². The second-order valence-corrected chi connectivity index (χ2v) is 8.42. The summed E-state index contributed by atoms with van der Waals surface area (Å²) >= 11 is 3.52. The van der Waals surface area contributed by atoms with E-state index in [2.05, 4.69) is 35.9 Å². The summed E-state index contributed by atoms with van der Waals surface area (Å²) in [5.74, 6) is 1.86. The molecule has 3 heteroatoms. The van der Waals surface area contributed by atoms with Gasteiger partial charge < -0.3 is 5.11 Å². The zero-order valence-electron chi connectivity index (χ0n) is 14.6. The second kappa shape index (κ2) is 7.03. The molecule has 2 fully saturated rings. The molecule has 0 radical (unpaired) electrons. The van der Waals surface area contributed by atoms with Crippen LogP contribution >= 0.6 is 15.9 Å². The fourth-order valence-electron chi connectivity index (χ4n) is 5.07.